The minimum Gasteiger partial charge on any atom is -0.493 e. The largest absolute Gasteiger partial charge is 0.493 e. The Kier molecular flexibility index (Phi) is 17.5. The van der Waals surface area contributed by atoms with Crippen molar-refractivity contribution in [1.82, 2.24) is 10.6 Å². The topological polar surface area (TPSA) is 155 Å². The maximum absolute atomic E-state index is 13.6. The molecule has 0 heterocycles. The molecule has 282 valence electrons. The lowest BCUT2D eigenvalue weighted by Crippen LogP contribution is -2.52. The summed E-state index contributed by atoms with van der Waals surface area (Å²) in [5.41, 5.74) is 12.3. The molecule has 0 saturated heterocycles. The van der Waals surface area contributed by atoms with Gasteiger partial charge in [0.2, 0.25) is 11.8 Å². The number of rotatable bonds is 22. The fourth-order valence-electron chi connectivity index (χ4n) is 5.58. The molecule has 3 rings (SSSR count). The molecule has 13 heteroatoms. The number of hydrogen-bond acceptors (Lipinski definition) is 7. The van der Waals surface area contributed by atoms with Crippen molar-refractivity contribution < 1.29 is 37.7 Å². The first-order chi connectivity index (χ1) is 25.0. The molecule has 0 fully saturated rings. The minimum atomic E-state index is -1.22. The second-order valence-electron chi connectivity index (χ2n) is 13.2. The lowest BCUT2D eigenvalue weighted by atomic mass is 9.86. The third kappa shape index (κ3) is 13.2. The molecule has 5 atom stereocenters. The first kappa shape index (κ1) is 41.9. The molecule has 2 amide bonds. The van der Waals surface area contributed by atoms with E-state index in [2.05, 4.69) is 20.7 Å². The average Bonchev–Trinajstić information content (AvgIpc) is 3.13. The van der Waals surface area contributed by atoms with Crippen LogP contribution in [0.15, 0.2) is 71.8 Å². The molecule has 0 aliphatic heterocycles. The molecule has 3 N–H and O–H groups in total. The molecule has 52 heavy (non-hydrogen) atoms. The number of halogens is 2. The summed E-state index contributed by atoms with van der Waals surface area (Å²) in [6, 6.07) is 15.6. The highest BCUT2D eigenvalue weighted by Gasteiger charge is 2.33. The van der Waals surface area contributed by atoms with Gasteiger partial charge in [0.15, 0.2) is 0 Å². The summed E-state index contributed by atoms with van der Waals surface area (Å²) in [7, 11) is 1.62. The standard InChI is InChI=1S/C39H51F2N5O6/c1-6-26(4)37(39(49)43-22-27-8-13-30(40)14-9-27)44-38(48)33(25(2)3)21-35(47)34(45-46-42)24-51-23-28-10-17-32(29-11-15-31(41)16-12-29)36(20-28)52-19-7-18-50-5/h8-17,20,25-26,33-35,37,47H,6-7,18-19,21-24H2,1-5H3,(H,43,49)(H,44,48). The van der Waals surface area contributed by atoms with Crippen molar-refractivity contribution in [3.63, 3.8) is 0 Å². The number of nitrogens with zero attached hydrogens (tertiary/aromatic N) is 3. The van der Waals surface area contributed by atoms with Gasteiger partial charge in [-0.25, -0.2) is 8.78 Å². The number of ether oxygens (including phenoxy) is 3. The first-order valence-electron chi connectivity index (χ1n) is 17.6. The summed E-state index contributed by atoms with van der Waals surface area (Å²) in [6.07, 6.45) is 0.0390. The predicted molar refractivity (Wildman–Crippen MR) is 195 cm³/mol. The Labute approximate surface area is 304 Å². The molecule has 0 spiro atoms. The van der Waals surface area contributed by atoms with Crippen LogP contribution in [-0.4, -0.2) is 62.0 Å². The molecule has 0 radical (unpaired) electrons. The monoisotopic (exact) mass is 723 g/mol. The quantitative estimate of drug-likeness (QED) is 0.0434. The fraction of sp³-hybridized carbons (Fsp3) is 0.487. The van der Waals surface area contributed by atoms with Crippen LogP contribution < -0.4 is 15.4 Å². The number of methoxy groups -OCH3 is 1. The Hall–Kier alpha value is -4.55. The number of carbonyl (C=O) groups excluding carboxylic acids is 2. The minimum absolute atomic E-state index is 0.0349. The third-order valence-electron chi connectivity index (χ3n) is 8.96. The van der Waals surface area contributed by atoms with Gasteiger partial charge in [0, 0.05) is 43.1 Å². The number of nitrogens with one attached hydrogen (secondary N) is 2. The second kappa shape index (κ2) is 21.7. The molecule has 3 aromatic rings. The van der Waals surface area contributed by atoms with Crippen molar-refractivity contribution in [1.29, 1.82) is 0 Å². The van der Waals surface area contributed by atoms with E-state index >= 15 is 0 Å². The number of aliphatic hydroxyl groups is 1. The van der Waals surface area contributed by atoms with E-state index in [4.69, 9.17) is 14.2 Å². The summed E-state index contributed by atoms with van der Waals surface area (Å²) in [5.74, 6) is -2.03. The van der Waals surface area contributed by atoms with Crippen molar-refractivity contribution in [2.24, 2.45) is 22.9 Å². The van der Waals surface area contributed by atoms with Gasteiger partial charge in [-0.15, -0.1) is 0 Å². The molecule has 0 aliphatic carbocycles. The van der Waals surface area contributed by atoms with Crippen molar-refractivity contribution in [3.8, 4) is 16.9 Å². The highest BCUT2D eigenvalue weighted by Crippen LogP contribution is 2.32. The number of aliphatic hydroxyl groups excluding tert-OH is 1. The zero-order valence-corrected chi connectivity index (χ0v) is 30.6. The van der Waals surface area contributed by atoms with Gasteiger partial charge in [0.25, 0.3) is 0 Å². The number of benzene rings is 3. The van der Waals surface area contributed by atoms with Crippen LogP contribution in [0.1, 0.15) is 58.1 Å². The lowest BCUT2D eigenvalue weighted by molar-refractivity contribution is -0.134. The van der Waals surface area contributed by atoms with Crippen LogP contribution in [0, 0.1) is 29.4 Å². The molecular formula is C39H51F2N5O6. The normalized spacial score (nSPS) is 14.1. The number of amides is 2. The Morgan fingerprint density at radius 3 is 2.21 bits per heavy atom. The van der Waals surface area contributed by atoms with Crippen molar-refractivity contribution in [2.75, 3.05) is 26.9 Å². The van der Waals surface area contributed by atoms with Gasteiger partial charge in [0.1, 0.15) is 23.4 Å². The predicted octanol–water partition coefficient (Wildman–Crippen LogP) is 7.11. The van der Waals surface area contributed by atoms with Gasteiger partial charge >= 0.3 is 0 Å². The van der Waals surface area contributed by atoms with E-state index in [9.17, 15) is 29.0 Å². The molecule has 0 saturated carbocycles. The Morgan fingerprint density at radius 2 is 1.60 bits per heavy atom. The molecule has 11 nitrogen and oxygen atoms in total. The summed E-state index contributed by atoms with van der Waals surface area (Å²) in [5, 5.41) is 20.7. The molecular weight excluding hydrogens is 672 g/mol. The van der Waals surface area contributed by atoms with Gasteiger partial charge in [-0.2, -0.15) is 0 Å². The highest BCUT2D eigenvalue weighted by molar-refractivity contribution is 5.88. The van der Waals surface area contributed by atoms with E-state index in [0.717, 1.165) is 16.7 Å². The van der Waals surface area contributed by atoms with Crippen LogP contribution in [0.3, 0.4) is 0 Å². The van der Waals surface area contributed by atoms with Gasteiger partial charge in [-0.05, 0) is 70.8 Å². The lowest BCUT2D eigenvalue weighted by Gasteiger charge is -2.29. The van der Waals surface area contributed by atoms with E-state index in [1.165, 1.54) is 24.3 Å². The van der Waals surface area contributed by atoms with Crippen LogP contribution in [-0.2, 0) is 32.2 Å². The smallest absolute Gasteiger partial charge is 0.243 e. The van der Waals surface area contributed by atoms with Crippen LogP contribution in [0.4, 0.5) is 8.78 Å². The average molecular weight is 724 g/mol. The molecule has 3 aromatic carbocycles. The van der Waals surface area contributed by atoms with Crippen LogP contribution in [0.2, 0.25) is 0 Å². The molecule has 0 aliphatic rings. The van der Waals surface area contributed by atoms with E-state index in [0.29, 0.717) is 37.4 Å². The fourth-order valence-corrected chi connectivity index (χ4v) is 5.58. The number of carbonyl (C=O) groups is 2. The van der Waals surface area contributed by atoms with Crippen LogP contribution in [0.25, 0.3) is 21.6 Å². The maximum Gasteiger partial charge on any atom is 0.243 e. The maximum atomic E-state index is 13.6. The second-order valence-corrected chi connectivity index (χ2v) is 13.2. The van der Waals surface area contributed by atoms with Gasteiger partial charge in [-0.3, -0.25) is 9.59 Å². The first-order valence-corrected chi connectivity index (χ1v) is 17.6. The summed E-state index contributed by atoms with van der Waals surface area (Å²) in [6.45, 7) is 8.56. The zero-order valence-electron chi connectivity index (χ0n) is 30.6. The summed E-state index contributed by atoms with van der Waals surface area (Å²) in [4.78, 5) is 29.7. The number of hydrogen-bond donors (Lipinski definition) is 3. The zero-order chi connectivity index (χ0) is 38.0. The van der Waals surface area contributed by atoms with Crippen molar-refractivity contribution >= 4 is 11.8 Å². The Morgan fingerprint density at radius 1 is 0.942 bits per heavy atom. The van der Waals surface area contributed by atoms with Crippen molar-refractivity contribution in [2.45, 2.75) is 78.3 Å². The van der Waals surface area contributed by atoms with Gasteiger partial charge < -0.3 is 30.0 Å². The van der Waals surface area contributed by atoms with Gasteiger partial charge in [0.05, 0.1) is 32.0 Å². The van der Waals surface area contributed by atoms with E-state index in [1.807, 2.05) is 45.9 Å². The van der Waals surface area contributed by atoms with E-state index < -0.39 is 30.0 Å². The molecule has 5 unspecified atom stereocenters. The van der Waals surface area contributed by atoms with E-state index in [-0.39, 0.29) is 55.6 Å². The summed E-state index contributed by atoms with van der Waals surface area (Å²) >= 11 is 0. The van der Waals surface area contributed by atoms with E-state index in [1.54, 1.807) is 31.4 Å². The summed E-state index contributed by atoms with van der Waals surface area (Å²) < 4.78 is 43.9. The molecule has 0 aromatic heterocycles. The van der Waals surface area contributed by atoms with Crippen LogP contribution in [0.5, 0.6) is 5.75 Å². The third-order valence-corrected chi connectivity index (χ3v) is 8.96. The SMILES string of the molecule is CCC(C)C(NC(=O)C(CC(O)C(COCc1ccc(-c2ccc(F)cc2)c(OCCCOC)c1)N=[N+]=[N-])C(C)C)C(=O)NCc1ccc(F)cc1. The number of azide groups is 1. The highest BCUT2D eigenvalue weighted by atomic mass is 19.1. The molecule has 0 bridgehead atoms. The van der Waals surface area contributed by atoms with Crippen LogP contribution >= 0.6 is 0 Å². The van der Waals surface area contributed by atoms with Gasteiger partial charge in [-0.1, -0.05) is 75.6 Å². The Bertz CT molecular complexity index is 1600. The van der Waals surface area contributed by atoms with Crippen molar-refractivity contribution in [3.05, 3.63) is 99.9 Å². The Balaban J connectivity index is 1.66.